The van der Waals surface area contributed by atoms with Crippen LogP contribution < -0.4 is 4.90 Å². The number of benzene rings is 1. The number of nitro groups is 1. The first-order chi connectivity index (χ1) is 11.6. The molecule has 0 atom stereocenters. The molecule has 3 rings (SSSR count). The lowest BCUT2D eigenvalue weighted by molar-refractivity contribution is -0.918. The Balaban J connectivity index is 1.48. The first kappa shape index (κ1) is 16.5. The molecular weight excluding hydrogens is 332 g/mol. The van der Waals surface area contributed by atoms with E-state index in [1.807, 2.05) is 17.1 Å². The van der Waals surface area contributed by atoms with Gasteiger partial charge in [-0.1, -0.05) is 23.7 Å². The molecule has 1 N–H and O–H groups in total. The van der Waals surface area contributed by atoms with Crippen LogP contribution in [0, 0.1) is 10.1 Å². The first-order valence-electron chi connectivity index (χ1n) is 7.71. The maximum Gasteiger partial charge on any atom is 0.433 e. The molecule has 0 unspecified atom stereocenters. The SMILES string of the molecule is O=[N+]([O-])c1ccc(/C=N\N2CC[NH+](Cc3ccc(Cl)cc3)CC2)o1. The van der Waals surface area contributed by atoms with Crippen LogP contribution in [0.15, 0.2) is 45.9 Å². The smallest absolute Gasteiger partial charge is 0.400 e. The van der Waals surface area contributed by atoms with Crippen molar-refractivity contribution < 1.29 is 14.2 Å². The monoisotopic (exact) mass is 349 g/mol. The van der Waals surface area contributed by atoms with Gasteiger partial charge in [-0.2, -0.15) is 5.10 Å². The number of hydrazone groups is 1. The van der Waals surface area contributed by atoms with Gasteiger partial charge in [0.15, 0.2) is 5.76 Å². The Labute approximate surface area is 144 Å². The molecule has 7 nitrogen and oxygen atoms in total. The Hall–Kier alpha value is -2.38. The van der Waals surface area contributed by atoms with Gasteiger partial charge in [0, 0.05) is 10.6 Å². The van der Waals surface area contributed by atoms with E-state index in [-0.39, 0.29) is 5.88 Å². The number of halogens is 1. The molecule has 24 heavy (non-hydrogen) atoms. The van der Waals surface area contributed by atoms with Crippen molar-refractivity contribution in [2.75, 3.05) is 26.2 Å². The average molecular weight is 350 g/mol. The number of hydrogen-bond acceptors (Lipinski definition) is 5. The fourth-order valence-electron chi connectivity index (χ4n) is 2.64. The van der Waals surface area contributed by atoms with E-state index in [1.165, 1.54) is 22.7 Å². The molecule has 1 fully saturated rings. The van der Waals surface area contributed by atoms with Crippen molar-refractivity contribution >= 4 is 23.7 Å². The Morgan fingerprint density at radius 3 is 2.58 bits per heavy atom. The average Bonchev–Trinajstić information content (AvgIpc) is 3.06. The second kappa shape index (κ2) is 7.46. The second-order valence-corrected chi connectivity index (χ2v) is 6.12. The maximum atomic E-state index is 10.6. The largest absolute Gasteiger partial charge is 0.433 e. The van der Waals surface area contributed by atoms with E-state index in [1.54, 1.807) is 6.07 Å². The van der Waals surface area contributed by atoms with Gasteiger partial charge in [0.05, 0.1) is 38.5 Å². The summed E-state index contributed by atoms with van der Waals surface area (Å²) in [5.41, 5.74) is 1.27. The zero-order valence-corrected chi connectivity index (χ0v) is 13.8. The zero-order chi connectivity index (χ0) is 16.9. The van der Waals surface area contributed by atoms with E-state index in [4.69, 9.17) is 16.0 Å². The molecule has 1 aromatic heterocycles. The van der Waals surface area contributed by atoms with E-state index >= 15 is 0 Å². The van der Waals surface area contributed by atoms with Crippen molar-refractivity contribution in [2.24, 2.45) is 5.10 Å². The second-order valence-electron chi connectivity index (χ2n) is 5.68. The Morgan fingerprint density at radius 2 is 1.96 bits per heavy atom. The first-order valence-corrected chi connectivity index (χ1v) is 8.09. The molecule has 2 heterocycles. The van der Waals surface area contributed by atoms with Crippen LogP contribution >= 0.6 is 11.6 Å². The molecule has 0 bridgehead atoms. The van der Waals surface area contributed by atoms with Gasteiger partial charge in [-0.25, -0.2) is 0 Å². The number of nitrogens with one attached hydrogen (secondary N) is 1. The highest BCUT2D eigenvalue weighted by Crippen LogP contribution is 2.14. The molecule has 1 aromatic carbocycles. The van der Waals surface area contributed by atoms with Crippen molar-refractivity contribution in [3.8, 4) is 0 Å². The summed E-state index contributed by atoms with van der Waals surface area (Å²) in [6, 6.07) is 10.8. The van der Waals surface area contributed by atoms with Crippen molar-refractivity contribution in [1.29, 1.82) is 0 Å². The summed E-state index contributed by atoms with van der Waals surface area (Å²) >= 11 is 5.90. The summed E-state index contributed by atoms with van der Waals surface area (Å²) in [4.78, 5) is 11.5. The quantitative estimate of drug-likeness (QED) is 0.505. The van der Waals surface area contributed by atoms with E-state index in [2.05, 4.69) is 17.2 Å². The number of rotatable bonds is 5. The van der Waals surface area contributed by atoms with Crippen LogP contribution in [0.25, 0.3) is 0 Å². The van der Waals surface area contributed by atoms with Crippen molar-refractivity contribution in [3.05, 3.63) is 62.9 Å². The van der Waals surface area contributed by atoms with Crippen molar-refractivity contribution in [3.63, 3.8) is 0 Å². The number of nitrogens with zero attached hydrogens (tertiary/aromatic N) is 3. The lowest BCUT2D eigenvalue weighted by Crippen LogP contribution is -3.13. The van der Waals surface area contributed by atoms with Crippen LogP contribution in [-0.2, 0) is 6.54 Å². The molecule has 0 aliphatic carbocycles. The molecule has 0 radical (unpaired) electrons. The van der Waals surface area contributed by atoms with Crippen LogP contribution in [0.4, 0.5) is 5.88 Å². The summed E-state index contributed by atoms with van der Waals surface area (Å²) in [7, 11) is 0. The molecule has 126 valence electrons. The minimum Gasteiger partial charge on any atom is -0.400 e. The predicted molar refractivity (Wildman–Crippen MR) is 90.4 cm³/mol. The molecule has 1 aliphatic heterocycles. The van der Waals surface area contributed by atoms with E-state index in [0.29, 0.717) is 5.76 Å². The lowest BCUT2D eigenvalue weighted by atomic mass is 10.2. The highest BCUT2D eigenvalue weighted by atomic mass is 35.5. The molecule has 1 aliphatic rings. The normalized spacial score (nSPS) is 16.0. The van der Waals surface area contributed by atoms with Gasteiger partial charge in [0.25, 0.3) is 0 Å². The van der Waals surface area contributed by atoms with Gasteiger partial charge >= 0.3 is 5.88 Å². The fourth-order valence-corrected chi connectivity index (χ4v) is 2.77. The maximum absolute atomic E-state index is 10.6. The van der Waals surface area contributed by atoms with Gasteiger partial charge in [0.2, 0.25) is 0 Å². The topological polar surface area (TPSA) is 76.3 Å². The van der Waals surface area contributed by atoms with Gasteiger partial charge in [-0.15, -0.1) is 0 Å². The summed E-state index contributed by atoms with van der Waals surface area (Å²) in [5.74, 6) is 0.117. The van der Waals surface area contributed by atoms with Crippen LogP contribution in [0.1, 0.15) is 11.3 Å². The Morgan fingerprint density at radius 1 is 1.25 bits per heavy atom. The molecule has 1 saturated heterocycles. The Kier molecular flexibility index (Phi) is 5.12. The molecule has 0 amide bonds. The molecule has 0 saturated carbocycles. The third-order valence-corrected chi connectivity index (χ3v) is 4.21. The fraction of sp³-hybridized carbons (Fsp3) is 0.312. The van der Waals surface area contributed by atoms with E-state index < -0.39 is 4.92 Å². The minimum atomic E-state index is -0.559. The molecular formula is C16H18ClN4O3+. The van der Waals surface area contributed by atoms with E-state index in [9.17, 15) is 10.1 Å². The van der Waals surface area contributed by atoms with Crippen LogP contribution in [-0.4, -0.2) is 42.3 Å². The summed E-state index contributed by atoms with van der Waals surface area (Å²) in [5, 5.41) is 17.6. The summed E-state index contributed by atoms with van der Waals surface area (Å²) in [6.07, 6.45) is 1.52. The van der Waals surface area contributed by atoms with Crippen LogP contribution in [0.3, 0.4) is 0 Å². The van der Waals surface area contributed by atoms with Gasteiger partial charge < -0.3 is 9.32 Å². The standard InChI is InChI=1S/C16H17ClN4O3/c17-14-3-1-13(2-4-14)12-19-7-9-20(10-8-19)18-11-15-5-6-16(24-15)21(22)23/h1-6,11H,7-10,12H2/p+1/b18-11-. The number of furan rings is 1. The van der Waals surface area contributed by atoms with Gasteiger partial charge in [0.1, 0.15) is 11.5 Å². The highest BCUT2D eigenvalue weighted by Gasteiger charge is 2.19. The van der Waals surface area contributed by atoms with Gasteiger partial charge in [-0.3, -0.25) is 15.1 Å². The van der Waals surface area contributed by atoms with E-state index in [0.717, 1.165) is 37.7 Å². The van der Waals surface area contributed by atoms with Gasteiger partial charge in [-0.05, 0) is 18.2 Å². The highest BCUT2D eigenvalue weighted by molar-refractivity contribution is 6.30. The third-order valence-electron chi connectivity index (χ3n) is 3.96. The summed E-state index contributed by atoms with van der Waals surface area (Å²) < 4.78 is 5.05. The molecule has 2 aromatic rings. The lowest BCUT2D eigenvalue weighted by Gasteiger charge is -2.30. The predicted octanol–water partition coefficient (Wildman–Crippen LogP) is 1.58. The van der Waals surface area contributed by atoms with Crippen molar-refractivity contribution in [1.82, 2.24) is 5.01 Å². The number of quaternary nitrogens is 1. The van der Waals surface area contributed by atoms with Crippen LogP contribution in [0.5, 0.6) is 0 Å². The van der Waals surface area contributed by atoms with Crippen molar-refractivity contribution in [2.45, 2.75) is 6.54 Å². The third kappa shape index (κ3) is 4.33. The minimum absolute atomic E-state index is 0.270. The zero-order valence-electron chi connectivity index (χ0n) is 13.0. The Bertz CT molecular complexity index is 721. The summed E-state index contributed by atoms with van der Waals surface area (Å²) in [6.45, 7) is 4.61. The number of piperazine rings is 1. The molecule has 8 heteroatoms. The van der Waals surface area contributed by atoms with Crippen LogP contribution in [0.2, 0.25) is 5.02 Å². The number of hydrogen-bond donors (Lipinski definition) is 1. The molecule has 0 spiro atoms.